The van der Waals surface area contributed by atoms with Crippen LogP contribution in [-0.4, -0.2) is 4.98 Å². The highest BCUT2D eigenvalue weighted by Crippen LogP contribution is 2.33. The Kier molecular flexibility index (Phi) is 1.86. The third-order valence-electron chi connectivity index (χ3n) is 3.41. The van der Waals surface area contributed by atoms with Crippen molar-refractivity contribution in [1.82, 2.24) is 4.98 Å². The monoisotopic (exact) mass is 200 g/mol. The molecule has 0 amide bonds. The summed E-state index contributed by atoms with van der Waals surface area (Å²) in [4.78, 5) is 3.47. The summed E-state index contributed by atoms with van der Waals surface area (Å²) < 4.78 is 0. The van der Waals surface area contributed by atoms with Gasteiger partial charge in [-0.2, -0.15) is 0 Å². The third kappa shape index (κ3) is 1.29. The maximum Gasteiger partial charge on any atom is 0.0459 e. The van der Waals surface area contributed by atoms with Gasteiger partial charge in [-0.25, -0.2) is 0 Å². The van der Waals surface area contributed by atoms with Crippen LogP contribution >= 0.6 is 0 Å². The van der Waals surface area contributed by atoms with E-state index in [2.05, 4.69) is 30.1 Å². The molecular formula is C13H16N2. The van der Waals surface area contributed by atoms with E-state index in [4.69, 9.17) is 5.73 Å². The smallest absolute Gasteiger partial charge is 0.0459 e. The zero-order valence-corrected chi connectivity index (χ0v) is 9.01. The number of fused-ring (bicyclic) bond motifs is 3. The van der Waals surface area contributed by atoms with Gasteiger partial charge in [-0.15, -0.1) is 0 Å². The molecule has 0 saturated heterocycles. The van der Waals surface area contributed by atoms with Crippen molar-refractivity contribution in [2.45, 2.75) is 32.2 Å². The Morgan fingerprint density at radius 3 is 3.13 bits per heavy atom. The molecule has 2 nitrogen and oxygen atoms in total. The first kappa shape index (κ1) is 8.98. The second-order valence-corrected chi connectivity index (χ2v) is 4.56. The molecule has 78 valence electrons. The molecule has 2 aromatic rings. The van der Waals surface area contributed by atoms with Gasteiger partial charge < -0.3 is 10.7 Å². The van der Waals surface area contributed by atoms with Crippen LogP contribution in [0.5, 0.6) is 0 Å². The van der Waals surface area contributed by atoms with Gasteiger partial charge in [0.1, 0.15) is 0 Å². The maximum atomic E-state index is 6.12. The number of nitrogens with one attached hydrogen (secondary N) is 1. The van der Waals surface area contributed by atoms with Crippen LogP contribution in [0, 0.1) is 6.92 Å². The topological polar surface area (TPSA) is 41.8 Å². The van der Waals surface area contributed by atoms with Crippen LogP contribution in [0.15, 0.2) is 18.2 Å². The summed E-state index contributed by atoms with van der Waals surface area (Å²) >= 11 is 0. The first-order valence-electron chi connectivity index (χ1n) is 5.62. The lowest BCUT2D eigenvalue weighted by Crippen LogP contribution is -2.16. The zero-order chi connectivity index (χ0) is 10.4. The fourth-order valence-corrected chi connectivity index (χ4v) is 2.61. The molecule has 1 aromatic carbocycles. The minimum atomic E-state index is 0.210. The van der Waals surface area contributed by atoms with E-state index >= 15 is 0 Å². The van der Waals surface area contributed by atoms with E-state index < -0.39 is 0 Å². The van der Waals surface area contributed by atoms with Crippen molar-refractivity contribution in [2.75, 3.05) is 0 Å². The molecule has 2 heteroatoms. The largest absolute Gasteiger partial charge is 0.357 e. The third-order valence-corrected chi connectivity index (χ3v) is 3.41. The molecule has 1 aromatic heterocycles. The van der Waals surface area contributed by atoms with E-state index in [0.717, 1.165) is 6.42 Å². The van der Waals surface area contributed by atoms with E-state index in [0.29, 0.717) is 0 Å². The highest BCUT2D eigenvalue weighted by Gasteiger charge is 2.20. The first-order chi connectivity index (χ1) is 7.25. The molecule has 3 rings (SSSR count). The summed E-state index contributed by atoms with van der Waals surface area (Å²) in [6.45, 7) is 2.14. The minimum Gasteiger partial charge on any atom is -0.357 e. The molecule has 1 unspecified atom stereocenters. The van der Waals surface area contributed by atoms with Gasteiger partial charge >= 0.3 is 0 Å². The van der Waals surface area contributed by atoms with Crippen molar-refractivity contribution >= 4 is 10.9 Å². The van der Waals surface area contributed by atoms with E-state index in [1.807, 2.05) is 0 Å². The second-order valence-electron chi connectivity index (χ2n) is 4.56. The molecule has 15 heavy (non-hydrogen) atoms. The quantitative estimate of drug-likeness (QED) is 0.674. The van der Waals surface area contributed by atoms with Crippen LogP contribution < -0.4 is 5.73 Å². The van der Waals surface area contributed by atoms with Gasteiger partial charge in [-0.3, -0.25) is 0 Å². The molecule has 1 aliphatic carbocycles. The maximum absolute atomic E-state index is 6.12. The molecule has 1 heterocycles. The molecule has 0 saturated carbocycles. The number of aromatic amines is 1. The van der Waals surface area contributed by atoms with E-state index in [1.165, 1.54) is 40.6 Å². The summed E-state index contributed by atoms with van der Waals surface area (Å²) in [5, 5.41) is 1.38. The van der Waals surface area contributed by atoms with Crippen molar-refractivity contribution < 1.29 is 0 Å². The fraction of sp³-hybridized carbons (Fsp3) is 0.385. The molecule has 0 bridgehead atoms. The number of aromatic nitrogens is 1. The van der Waals surface area contributed by atoms with Crippen molar-refractivity contribution in [3.8, 4) is 0 Å². The van der Waals surface area contributed by atoms with E-state index in [-0.39, 0.29) is 6.04 Å². The van der Waals surface area contributed by atoms with Gasteiger partial charge in [-0.1, -0.05) is 11.6 Å². The molecule has 0 spiro atoms. The van der Waals surface area contributed by atoms with Crippen LogP contribution in [0.2, 0.25) is 0 Å². The van der Waals surface area contributed by atoms with Crippen LogP contribution in [0.4, 0.5) is 0 Å². The summed E-state index contributed by atoms with van der Waals surface area (Å²) in [7, 11) is 0. The van der Waals surface area contributed by atoms with Gasteiger partial charge in [0.05, 0.1) is 0 Å². The molecule has 0 aliphatic heterocycles. The fourth-order valence-electron chi connectivity index (χ4n) is 2.61. The van der Waals surface area contributed by atoms with Crippen LogP contribution in [0.3, 0.4) is 0 Å². The van der Waals surface area contributed by atoms with Gasteiger partial charge in [0, 0.05) is 22.6 Å². The highest BCUT2D eigenvalue weighted by atomic mass is 14.8. The lowest BCUT2D eigenvalue weighted by Gasteiger charge is -2.18. The predicted molar refractivity (Wildman–Crippen MR) is 62.9 cm³/mol. The minimum absolute atomic E-state index is 0.210. The van der Waals surface area contributed by atoms with Crippen LogP contribution in [0.25, 0.3) is 10.9 Å². The van der Waals surface area contributed by atoms with E-state index in [9.17, 15) is 0 Å². The summed E-state index contributed by atoms with van der Waals surface area (Å²) in [5.74, 6) is 0. The zero-order valence-electron chi connectivity index (χ0n) is 9.01. The normalized spacial score (nSPS) is 20.5. The second kappa shape index (κ2) is 3.11. The lowest BCUT2D eigenvalue weighted by atomic mass is 9.92. The number of aryl methyl sites for hydroxylation is 2. The Morgan fingerprint density at radius 1 is 1.40 bits per heavy atom. The van der Waals surface area contributed by atoms with Crippen LogP contribution in [-0.2, 0) is 6.42 Å². The van der Waals surface area contributed by atoms with Crippen molar-refractivity contribution in [2.24, 2.45) is 5.73 Å². The van der Waals surface area contributed by atoms with E-state index in [1.54, 1.807) is 0 Å². The SMILES string of the molecule is Cc1ccc2[nH]c3c(c2c1)CCCC3N. The number of H-pyrrole nitrogens is 1. The number of hydrogen-bond acceptors (Lipinski definition) is 1. The van der Waals surface area contributed by atoms with Crippen molar-refractivity contribution in [3.05, 3.63) is 35.0 Å². The molecule has 1 atom stereocenters. The van der Waals surface area contributed by atoms with Gasteiger partial charge in [0.15, 0.2) is 0 Å². The lowest BCUT2D eigenvalue weighted by molar-refractivity contribution is 0.562. The average molecular weight is 200 g/mol. The predicted octanol–water partition coefficient (Wildman–Crippen LogP) is 2.81. The summed E-state index contributed by atoms with van der Waals surface area (Å²) in [6.07, 6.45) is 3.50. The number of rotatable bonds is 0. The first-order valence-corrected chi connectivity index (χ1v) is 5.62. The molecule has 3 N–H and O–H groups in total. The van der Waals surface area contributed by atoms with Crippen molar-refractivity contribution in [1.29, 1.82) is 0 Å². The Balaban J connectivity index is 2.31. The van der Waals surface area contributed by atoms with Crippen LogP contribution in [0.1, 0.15) is 35.7 Å². The Bertz CT molecular complexity index is 510. The number of hydrogen-bond donors (Lipinski definition) is 2. The Hall–Kier alpha value is -1.28. The molecule has 0 fully saturated rings. The van der Waals surface area contributed by atoms with Gasteiger partial charge in [-0.05, 0) is 43.9 Å². The molecule has 0 radical (unpaired) electrons. The Labute approximate surface area is 89.5 Å². The summed E-state index contributed by atoms with van der Waals surface area (Å²) in [6, 6.07) is 6.79. The summed E-state index contributed by atoms with van der Waals surface area (Å²) in [5.41, 5.74) is 11.4. The highest BCUT2D eigenvalue weighted by molar-refractivity contribution is 5.85. The Morgan fingerprint density at radius 2 is 2.27 bits per heavy atom. The average Bonchev–Trinajstić information content (AvgIpc) is 2.58. The standard InChI is InChI=1S/C13H16N2/c1-8-5-6-12-10(7-8)9-3-2-4-11(14)13(9)15-12/h5-7,11,15H,2-4,14H2,1H3. The molecular weight excluding hydrogens is 184 g/mol. The number of benzene rings is 1. The number of nitrogens with two attached hydrogens (primary N) is 1. The van der Waals surface area contributed by atoms with Gasteiger partial charge in [0.25, 0.3) is 0 Å². The molecule has 1 aliphatic rings. The van der Waals surface area contributed by atoms with Crippen molar-refractivity contribution in [3.63, 3.8) is 0 Å². The van der Waals surface area contributed by atoms with Gasteiger partial charge in [0.2, 0.25) is 0 Å².